The van der Waals surface area contributed by atoms with Crippen molar-refractivity contribution in [2.75, 3.05) is 11.9 Å². The highest BCUT2D eigenvalue weighted by Crippen LogP contribution is 2.19. The maximum absolute atomic E-state index is 10.2. The van der Waals surface area contributed by atoms with Crippen molar-refractivity contribution in [1.82, 2.24) is 0 Å². The molecule has 0 atom stereocenters. The molecule has 0 aliphatic rings. The van der Waals surface area contributed by atoms with Crippen molar-refractivity contribution in [3.63, 3.8) is 0 Å². The van der Waals surface area contributed by atoms with E-state index in [9.17, 15) is 4.79 Å². The van der Waals surface area contributed by atoms with Crippen molar-refractivity contribution in [3.05, 3.63) is 28.8 Å². The fourth-order valence-electron chi connectivity index (χ4n) is 1.02. The Morgan fingerprint density at radius 2 is 2.29 bits per heavy atom. The number of aryl methyl sites for hydroxylation is 1. The Kier molecular flexibility index (Phi) is 3.77. The third kappa shape index (κ3) is 3.26. The average Bonchev–Trinajstić information content (AvgIpc) is 2.10. The standard InChI is InChI=1S/C10H12ClNO2/c1-7-2-3-8(6-9(7)11)12-5-4-10(13)14/h2-3,6,12H,4-5H2,1H3,(H,13,14). The number of anilines is 1. The molecule has 14 heavy (non-hydrogen) atoms. The van der Waals surface area contributed by atoms with Crippen molar-refractivity contribution >= 4 is 23.3 Å². The Morgan fingerprint density at radius 3 is 2.86 bits per heavy atom. The lowest BCUT2D eigenvalue weighted by molar-refractivity contribution is -0.136. The van der Waals surface area contributed by atoms with E-state index in [0.29, 0.717) is 11.6 Å². The first-order valence-electron chi connectivity index (χ1n) is 4.31. The summed E-state index contributed by atoms with van der Waals surface area (Å²) in [5, 5.41) is 12.1. The highest BCUT2D eigenvalue weighted by Gasteiger charge is 1.99. The summed E-state index contributed by atoms with van der Waals surface area (Å²) in [5.41, 5.74) is 1.86. The predicted molar refractivity (Wildman–Crippen MR) is 56.9 cm³/mol. The summed E-state index contributed by atoms with van der Waals surface area (Å²) in [4.78, 5) is 10.2. The van der Waals surface area contributed by atoms with Gasteiger partial charge in [0.1, 0.15) is 0 Å². The third-order valence-corrected chi connectivity index (χ3v) is 2.25. The van der Waals surface area contributed by atoms with Gasteiger partial charge in [-0.1, -0.05) is 17.7 Å². The molecule has 4 heteroatoms. The number of halogens is 1. The van der Waals surface area contributed by atoms with Gasteiger partial charge in [-0.05, 0) is 24.6 Å². The molecule has 0 aliphatic carbocycles. The minimum Gasteiger partial charge on any atom is -0.481 e. The number of hydrogen-bond donors (Lipinski definition) is 2. The van der Waals surface area contributed by atoms with Crippen LogP contribution in [0.1, 0.15) is 12.0 Å². The lowest BCUT2D eigenvalue weighted by Crippen LogP contribution is -2.07. The molecule has 0 amide bonds. The zero-order chi connectivity index (χ0) is 10.6. The van der Waals surface area contributed by atoms with E-state index in [1.54, 1.807) is 6.07 Å². The maximum Gasteiger partial charge on any atom is 0.305 e. The normalized spacial score (nSPS) is 9.86. The van der Waals surface area contributed by atoms with Crippen molar-refractivity contribution in [2.45, 2.75) is 13.3 Å². The van der Waals surface area contributed by atoms with Crippen LogP contribution in [0.2, 0.25) is 5.02 Å². The molecular weight excluding hydrogens is 202 g/mol. The lowest BCUT2D eigenvalue weighted by Gasteiger charge is -2.06. The van der Waals surface area contributed by atoms with Crippen molar-refractivity contribution in [1.29, 1.82) is 0 Å². The van der Waals surface area contributed by atoms with Crippen LogP contribution in [0.25, 0.3) is 0 Å². The third-order valence-electron chi connectivity index (χ3n) is 1.84. The summed E-state index contributed by atoms with van der Waals surface area (Å²) in [6.45, 7) is 2.33. The summed E-state index contributed by atoms with van der Waals surface area (Å²) in [5.74, 6) is -0.810. The molecular formula is C10H12ClNO2. The molecule has 0 heterocycles. The molecule has 0 bridgehead atoms. The van der Waals surface area contributed by atoms with Crippen molar-refractivity contribution in [2.24, 2.45) is 0 Å². The van der Waals surface area contributed by atoms with E-state index < -0.39 is 5.97 Å². The van der Waals surface area contributed by atoms with Crippen LogP contribution >= 0.6 is 11.6 Å². The Morgan fingerprint density at radius 1 is 1.57 bits per heavy atom. The number of benzene rings is 1. The van der Waals surface area contributed by atoms with Crippen LogP contribution in [-0.2, 0) is 4.79 Å². The van der Waals surface area contributed by atoms with Gasteiger partial charge in [-0.3, -0.25) is 4.79 Å². The number of carboxylic acids is 1. The van der Waals surface area contributed by atoms with Crippen LogP contribution in [0.3, 0.4) is 0 Å². The smallest absolute Gasteiger partial charge is 0.305 e. The topological polar surface area (TPSA) is 49.3 Å². The largest absolute Gasteiger partial charge is 0.481 e. The molecule has 1 aromatic carbocycles. The second-order valence-corrected chi connectivity index (χ2v) is 3.44. The minimum atomic E-state index is -0.810. The Bertz CT molecular complexity index is 339. The molecule has 0 aliphatic heterocycles. The van der Waals surface area contributed by atoms with Crippen LogP contribution in [0, 0.1) is 6.92 Å². The van der Waals surface area contributed by atoms with Crippen LogP contribution in [0.15, 0.2) is 18.2 Å². The first-order valence-corrected chi connectivity index (χ1v) is 4.69. The number of rotatable bonds is 4. The van der Waals surface area contributed by atoms with E-state index in [1.165, 1.54) is 0 Å². The summed E-state index contributed by atoms with van der Waals surface area (Å²) in [7, 11) is 0. The predicted octanol–water partition coefficient (Wildman–Crippen LogP) is 2.54. The molecule has 0 unspecified atom stereocenters. The average molecular weight is 214 g/mol. The van der Waals surface area contributed by atoms with Gasteiger partial charge < -0.3 is 10.4 Å². The number of hydrogen-bond acceptors (Lipinski definition) is 2. The zero-order valence-corrected chi connectivity index (χ0v) is 8.64. The van der Waals surface area contributed by atoms with E-state index >= 15 is 0 Å². The summed E-state index contributed by atoms with van der Waals surface area (Å²) in [6, 6.07) is 5.56. The van der Waals surface area contributed by atoms with Gasteiger partial charge >= 0.3 is 5.97 Å². The Hall–Kier alpha value is -1.22. The second kappa shape index (κ2) is 4.86. The molecule has 0 saturated heterocycles. The Labute approximate surface area is 87.7 Å². The van der Waals surface area contributed by atoms with Gasteiger partial charge in [0.15, 0.2) is 0 Å². The summed E-state index contributed by atoms with van der Waals surface area (Å²) >= 11 is 5.90. The van der Waals surface area contributed by atoms with Gasteiger partial charge in [0, 0.05) is 17.3 Å². The molecule has 0 fully saturated rings. The fourth-order valence-corrected chi connectivity index (χ4v) is 1.20. The highest BCUT2D eigenvalue weighted by atomic mass is 35.5. The molecule has 1 aromatic rings. The SMILES string of the molecule is Cc1ccc(NCCC(=O)O)cc1Cl. The summed E-state index contributed by atoms with van der Waals surface area (Å²) < 4.78 is 0. The lowest BCUT2D eigenvalue weighted by atomic mass is 10.2. The molecule has 0 spiro atoms. The Balaban J connectivity index is 2.51. The number of aliphatic carboxylic acids is 1. The van der Waals surface area contributed by atoms with Crippen molar-refractivity contribution in [3.8, 4) is 0 Å². The number of nitrogens with one attached hydrogen (secondary N) is 1. The van der Waals surface area contributed by atoms with Crippen LogP contribution in [0.4, 0.5) is 5.69 Å². The van der Waals surface area contributed by atoms with E-state index in [2.05, 4.69) is 5.32 Å². The van der Waals surface area contributed by atoms with E-state index in [1.807, 2.05) is 19.1 Å². The number of carbonyl (C=O) groups is 1. The molecule has 76 valence electrons. The van der Waals surface area contributed by atoms with E-state index in [0.717, 1.165) is 11.3 Å². The molecule has 0 radical (unpaired) electrons. The van der Waals surface area contributed by atoms with Gasteiger partial charge in [-0.15, -0.1) is 0 Å². The van der Waals surface area contributed by atoms with Crippen LogP contribution < -0.4 is 5.32 Å². The first kappa shape index (κ1) is 10.9. The molecule has 2 N–H and O–H groups in total. The fraction of sp³-hybridized carbons (Fsp3) is 0.300. The van der Waals surface area contributed by atoms with Crippen LogP contribution in [-0.4, -0.2) is 17.6 Å². The van der Waals surface area contributed by atoms with Gasteiger partial charge in [-0.2, -0.15) is 0 Å². The first-order chi connectivity index (χ1) is 6.59. The van der Waals surface area contributed by atoms with E-state index in [4.69, 9.17) is 16.7 Å². The minimum absolute atomic E-state index is 0.103. The quantitative estimate of drug-likeness (QED) is 0.808. The van der Waals surface area contributed by atoms with Gasteiger partial charge in [0.2, 0.25) is 0 Å². The van der Waals surface area contributed by atoms with Gasteiger partial charge in [-0.25, -0.2) is 0 Å². The highest BCUT2D eigenvalue weighted by molar-refractivity contribution is 6.31. The van der Waals surface area contributed by atoms with Crippen LogP contribution in [0.5, 0.6) is 0 Å². The molecule has 1 rings (SSSR count). The van der Waals surface area contributed by atoms with Gasteiger partial charge in [0.25, 0.3) is 0 Å². The zero-order valence-electron chi connectivity index (χ0n) is 7.88. The summed E-state index contributed by atoms with van der Waals surface area (Å²) in [6.07, 6.45) is 0.103. The monoisotopic (exact) mass is 213 g/mol. The molecule has 0 saturated carbocycles. The number of carboxylic acid groups (broad SMARTS) is 1. The van der Waals surface area contributed by atoms with Gasteiger partial charge in [0.05, 0.1) is 6.42 Å². The second-order valence-electron chi connectivity index (χ2n) is 3.03. The molecule has 0 aromatic heterocycles. The molecule has 3 nitrogen and oxygen atoms in total. The maximum atomic E-state index is 10.2. The van der Waals surface area contributed by atoms with E-state index in [-0.39, 0.29) is 6.42 Å². The van der Waals surface area contributed by atoms with Crippen molar-refractivity contribution < 1.29 is 9.90 Å².